The Morgan fingerprint density at radius 1 is 1.29 bits per heavy atom. The highest BCUT2D eigenvalue weighted by Gasteiger charge is 2.40. The van der Waals surface area contributed by atoms with Gasteiger partial charge in [0.05, 0.1) is 6.42 Å². The van der Waals surface area contributed by atoms with Gasteiger partial charge in [-0.15, -0.1) is 0 Å². The largest absolute Gasteiger partial charge is 0.342 e. The lowest BCUT2D eigenvalue weighted by molar-refractivity contribution is -0.129. The van der Waals surface area contributed by atoms with Gasteiger partial charge in [-0.25, -0.2) is 0 Å². The first-order valence-corrected chi connectivity index (χ1v) is 8.14. The molecule has 0 aromatic heterocycles. The Bertz CT molecular complexity index is 540. The molecule has 3 heteroatoms. The first-order chi connectivity index (χ1) is 10.0. The Labute approximate surface area is 127 Å². The van der Waals surface area contributed by atoms with E-state index in [1.165, 1.54) is 29.5 Å². The Hall–Kier alpha value is -1.35. The van der Waals surface area contributed by atoms with Crippen LogP contribution in [0.15, 0.2) is 18.2 Å². The molecule has 1 aromatic carbocycles. The minimum atomic E-state index is 0.269. The van der Waals surface area contributed by atoms with Crippen molar-refractivity contribution in [2.75, 3.05) is 13.1 Å². The van der Waals surface area contributed by atoms with E-state index in [4.69, 9.17) is 5.73 Å². The van der Waals surface area contributed by atoms with E-state index in [0.717, 1.165) is 19.5 Å². The molecule has 0 spiro atoms. The highest BCUT2D eigenvalue weighted by Crippen LogP contribution is 2.35. The molecule has 3 rings (SSSR count). The lowest BCUT2D eigenvalue weighted by atomic mass is 9.78. The van der Waals surface area contributed by atoms with Gasteiger partial charge in [0.2, 0.25) is 5.91 Å². The standard InChI is InChI=1S/C18H26N2O/c1-12-6-7-13(2)15(8-12)9-18(21)20-10-14-4-3-5-17(19)16(14)11-20/h6-8,14,16-17H,3-5,9-11,19H2,1-2H3. The van der Waals surface area contributed by atoms with Crippen molar-refractivity contribution < 1.29 is 4.79 Å². The lowest BCUT2D eigenvalue weighted by Crippen LogP contribution is -2.38. The minimum Gasteiger partial charge on any atom is -0.342 e. The average molecular weight is 286 g/mol. The van der Waals surface area contributed by atoms with Crippen LogP contribution in [-0.2, 0) is 11.2 Å². The zero-order valence-electron chi connectivity index (χ0n) is 13.1. The van der Waals surface area contributed by atoms with Gasteiger partial charge in [-0.05, 0) is 49.7 Å². The maximum Gasteiger partial charge on any atom is 0.227 e. The quantitative estimate of drug-likeness (QED) is 0.907. The van der Waals surface area contributed by atoms with Crippen molar-refractivity contribution in [1.29, 1.82) is 0 Å². The van der Waals surface area contributed by atoms with Crippen molar-refractivity contribution in [2.24, 2.45) is 17.6 Å². The lowest BCUT2D eigenvalue weighted by Gasteiger charge is -2.29. The zero-order valence-corrected chi connectivity index (χ0v) is 13.1. The number of hydrogen-bond acceptors (Lipinski definition) is 2. The van der Waals surface area contributed by atoms with Crippen LogP contribution >= 0.6 is 0 Å². The number of benzene rings is 1. The summed E-state index contributed by atoms with van der Waals surface area (Å²) in [6.45, 7) is 5.95. The van der Waals surface area contributed by atoms with Crippen LogP contribution in [0.3, 0.4) is 0 Å². The minimum absolute atomic E-state index is 0.269. The molecule has 1 amide bonds. The molecular weight excluding hydrogens is 260 g/mol. The van der Waals surface area contributed by atoms with Gasteiger partial charge in [-0.3, -0.25) is 4.79 Å². The van der Waals surface area contributed by atoms with Crippen molar-refractivity contribution in [3.05, 3.63) is 34.9 Å². The number of nitrogens with two attached hydrogens (primary N) is 1. The fraction of sp³-hybridized carbons (Fsp3) is 0.611. The number of aryl methyl sites for hydroxylation is 2. The molecule has 1 saturated carbocycles. The normalized spacial score (nSPS) is 28.5. The third kappa shape index (κ3) is 2.98. The van der Waals surface area contributed by atoms with Crippen LogP contribution in [-0.4, -0.2) is 29.9 Å². The van der Waals surface area contributed by atoms with Crippen LogP contribution in [0.25, 0.3) is 0 Å². The van der Waals surface area contributed by atoms with E-state index < -0.39 is 0 Å². The molecule has 21 heavy (non-hydrogen) atoms. The molecule has 1 aliphatic heterocycles. The fourth-order valence-corrected chi connectivity index (χ4v) is 3.99. The second kappa shape index (κ2) is 5.80. The van der Waals surface area contributed by atoms with Gasteiger partial charge >= 0.3 is 0 Å². The monoisotopic (exact) mass is 286 g/mol. The molecule has 0 bridgehead atoms. The predicted octanol–water partition coefficient (Wildman–Crippen LogP) is 2.43. The van der Waals surface area contributed by atoms with Gasteiger partial charge in [0.15, 0.2) is 0 Å². The Morgan fingerprint density at radius 3 is 2.86 bits per heavy atom. The number of carbonyl (C=O) groups excluding carboxylic acids is 1. The molecule has 1 saturated heterocycles. The molecule has 2 fully saturated rings. The number of likely N-dealkylation sites (tertiary alicyclic amines) is 1. The Balaban J connectivity index is 1.68. The summed E-state index contributed by atoms with van der Waals surface area (Å²) in [4.78, 5) is 14.7. The van der Waals surface area contributed by atoms with Crippen LogP contribution in [0, 0.1) is 25.7 Å². The smallest absolute Gasteiger partial charge is 0.227 e. The van der Waals surface area contributed by atoms with Crippen LogP contribution < -0.4 is 5.73 Å². The van der Waals surface area contributed by atoms with E-state index in [1.807, 2.05) is 0 Å². The molecule has 1 aliphatic carbocycles. The molecule has 1 aromatic rings. The van der Waals surface area contributed by atoms with Crippen molar-refractivity contribution in [2.45, 2.75) is 45.6 Å². The van der Waals surface area contributed by atoms with E-state index in [-0.39, 0.29) is 5.91 Å². The molecular formula is C18H26N2O. The average Bonchev–Trinajstić information content (AvgIpc) is 2.88. The first-order valence-electron chi connectivity index (χ1n) is 8.14. The van der Waals surface area contributed by atoms with E-state index in [1.54, 1.807) is 0 Å². The first kappa shape index (κ1) is 14.6. The van der Waals surface area contributed by atoms with Gasteiger partial charge in [-0.2, -0.15) is 0 Å². The number of hydrogen-bond donors (Lipinski definition) is 1. The zero-order chi connectivity index (χ0) is 15.0. The molecule has 2 aliphatic rings. The number of nitrogens with zero attached hydrogens (tertiary/aromatic N) is 1. The van der Waals surface area contributed by atoms with E-state index >= 15 is 0 Å². The van der Waals surface area contributed by atoms with Crippen molar-refractivity contribution >= 4 is 5.91 Å². The predicted molar refractivity (Wildman–Crippen MR) is 85.0 cm³/mol. The van der Waals surface area contributed by atoms with Crippen molar-refractivity contribution in [3.8, 4) is 0 Å². The summed E-state index contributed by atoms with van der Waals surface area (Å²) in [6.07, 6.45) is 4.12. The molecule has 114 valence electrons. The highest BCUT2D eigenvalue weighted by atomic mass is 16.2. The maximum absolute atomic E-state index is 12.6. The summed E-state index contributed by atoms with van der Waals surface area (Å²) in [5.41, 5.74) is 9.84. The van der Waals surface area contributed by atoms with Crippen LogP contribution in [0.5, 0.6) is 0 Å². The molecule has 2 N–H and O–H groups in total. The van der Waals surface area contributed by atoms with E-state index in [2.05, 4.69) is 36.9 Å². The molecule has 3 nitrogen and oxygen atoms in total. The summed E-state index contributed by atoms with van der Waals surface area (Å²) in [6, 6.07) is 6.65. The van der Waals surface area contributed by atoms with Gasteiger partial charge in [0, 0.05) is 19.1 Å². The third-order valence-corrected chi connectivity index (χ3v) is 5.35. The van der Waals surface area contributed by atoms with E-state index in [9.17, 15) is 4.79 Å². The SMILES string of the molecule is Cc1ccc(C)c(CC(=O)N2CC3CCCC(N)C3C2)c1. The molecule has 3 unspecified atom stereocenters. The summed E-state index contributed by atoms with van der Waals surface area (Å²) in [7, 11) is 0. The van der Waals surface area contributed by atoms with Gasteiger partial charge in [0.25, 0.3) is 0 Å². The fourth-order valence-electron chi connectivity index (χ4n) is 3.99. The summed E-state index contributed by atoms with van der Waals surface area (Å²) in [5.74, 6) is 1.43. The number of amides is 1. The van der Waals surface area contributed by atoms with Crippen LogP contribution in [0.2, 0.25) is 0 Å². The van der Waals surface area contributed by atoms with E-state index in [0.29, 0.717) is 24.3 Å². The molecule has 1 heterocycles. The summed E-state index contributed by atoms with van der Waals surface area (Å²) >= 11 is 0. The van der Waals surface area contributed by atoms with Gasteiger partial charge in [0.1, 0.15) is 0 Å². The number of carbonyl (C=O) groups is 1. The maximum atomic E-state index is 12.6. The Morgan fingerprint density at radius 2 is 2.10 bits per heavy atom. The molecule has 3 atom stereocenters. The number of fused-ring (bicyclic) bond motifs is 1. The topological polar surface area (TPSA) is 46.3 Å². The second-order valence-electron chi connectivity index (χ2n) is 6.92. The Kier molecular flexibility index (Phi) is 4.03. The van der Waals surface area contributed by atoms with Gasteiger partial charge < -0.3 is 10.6 Å². The van der Waals surface area contributed by atoms with Crippen LogP contribution in [0.4, 0.5) is 0 Å². The number of rotatable bonds is 2. The summed E-state index contributed by atoms with van der Waals surface area (Å²) < 4.78 is 0. The van der Waals surface area contributed by atoms with Crippen molar-refractivity contribution in [3.63, 3.8) is 0 Å². The van der Waals surface area contributed by atoms with Crippen LogP contribution in [0.1, 0.15) is 36.0 Å². The second-order valence-corrected chi connectivity index (χ2v) is 6.92. The van der Waals surface area contributed by atoms with Gasteiger partial charge in [-0.1, -0.05) is 30.2 Å². The molecule has 0 radical (unpaired) electrons. The summed E-state index contributed by atoms with van der Waals surface area (Å²) in [5, 5.41) is 0. The third-order valence-electron chi connectivity index (χ3n) is 5.35. The highest BCUT2D eigenvalue weighted by molar-refractivity contribution is 5.79. The van der Waals surface area contributed by atoms with Crippen molar-refractivity contribution in [1.82, 2.24) is 4.90 Å².